The average Bonchev–Trinajstić information content (AvgIpc) is 2.35. The molecule has 0 aliphatic rings. The lowest BCUT2D eigenvalue weighted by Crippen LogP contribution is -2.29. The molecule has 1 aromatic carbocycles. The molecule has 5 heteroatoms. The van der Waals surface area contributed by atoms with Crippen molar-refractivity contribution < 1.29 is 9.53 Å². The minimum atomic E-state index is -0.368. The number of carbonyl (C=O) groups is 1. The van der Waals surface area contributed by atoms with Crippen molar-refractivity contribution in [3.8, 4) is 0 Å². The zero-order chi connectivity index (χ0) is 12.5. The van der Waals surface area contributed by atoms with E-state index in [9.17, 15) is 4.79 Å². The molecule has 0 saturated heterocycles. The highest BCUT2D eigenvalue weighted by atomic mass is 32.2. The van der Waals surface area contributed by atoms with E-state index >= 15 is 0 Å². The smallest absolute Gasteiger partial charge is 0.407 e. The van der Waals surface area contributed by atoms with Gasteiger partial charge < -0.3 is 15.4 Å². The summed E-state index contributed by atoms with van der Waals surface area (Å²) >= 11 is 1.70. The van der Waals surface area contributed by atoms with E-state index in [1.165, 1.54) is 4.90 Å². The van der Waals surface area contributed by atoms with Crippen LogP contribution in [0.4, 0.5) is 10.5 Å². The van der Waals surface area contributed by atoms with Crippen molar-refractivity contribution in [1.82, 2.24) is 5.32 Å². The van der Waals surface area contributed by atoms with Gasteiger partial charge in [0.25, 0.3) is 0 Å². The molecule has 94 valence electrons. The van der Waals surface area contributed by atoms with Gasteiger partial charge in [-0.3, -0.25) is 0 Å². The molecule has 1 amide bonds. The van der Waals surface area contributed by atoms with Crippen molar-refractivity contribution in [3.05, 3.63) is 24.3 Å². The molecule has 0 heterocycles. The molecule has 0 aliphatic carbocycles. The lowest BCUT2D eigenvalue weighted by atomic mass is 10.3. The normalized spacial score (nSPS) is 9.76. The Kier molecular flexibility index (Phi) is 6.32. The Labute approximate surface area is 106 Å². The summed E-state index contributed by atoms with van der Waals surface area (Å²) in [6.07, 6.45) is 1.67. The van der Waals surface area contributed by atoms with Crippen LogP contribution in [0.3, 0.4) is 0 Å². The Bertz CT molecular complexity index is 358. The molecule has 0 spiro atoms. The monoisotopic (exact) mass is 254 g/mol. The standard InChI is InChI=1S/C12H18N2O2S/c1-3-16-12(15)14-8-7-13-10-5-4-6-11(9-10)17-2/h4-6,9,13H,3,7-8H2,1-2H3,(H,14,15). The van der Waals surface area contributed by atoms with E-state index in [4.69, 9.17) is 4.74 Å². The minimum absolute atomic E-state index is 0.368. The molecule has 0 unspecified atom stereocenters. The number of nitrogens with one attached hydrogen (secondary N) is 2. The maximum atomic E-state index is 11.0. The summed E-state index contributed by atoms with van der Waals surface area (Å²) in [5.41, 5.74) is 1.06. The van der Waals surface area contributed by atoms with Crippen LogP contribution in [-0.2, 0) is 4.74 Å². The van der Waals surface area contributed by atoms with Gasteiger partial charge in [0.05, 0.1) is 6.61 Å². The molecule has 0 bridgehead atoms. The van der Waals surface area contributed by atoms with Crippen LogP contribution in [0, 0.1) is 0 Å². The van der Waals surface area contributed by atoms with Crippen LogP contribution in [0.15, 0.2) is 29.2 Å². The number of hydrogen-bond donors (Lipinski definition) is 2. The quantitative estimate of drug-likeness (QED) is 0.605. The third-order valence-electron chi connectivity index (χ3n) is 2.07. The zero-order valence-electron chi connectivity index (χ0n) is 10.2. The number of amides is 1. The number of thioether (sulfide) groups is 1. The Morgan fingerprint density at radius 1 is 1.41 bits per heavy atom. The molecule has 2 N–H and O–H groups in total. The Balaban J connectivity index is 2.24. The van der Waals surface area contributed by atoms with E-state index < -0.39 is 0 Å². The summed E-state index contributed by atoms with van der Waals surface area (Å²) in [6, 6.07) is 8.15. The zero-order valence-corrected chi connectivity index (χ0v) is 11.0. The molecular weight excluding hydrogens is 236 g/mol. The van der Waals surface area contributed by atoms with Crippen molar-refractivity contribution in [2.75, 3.05) is 31.3 Å². The molecule has 0 aromatic heterocycles. The summed E-state index contributed by atoms with van der Waals surface area (Å²) in [7, 11) is 0. The second-order valence-corrected chi connectivity index (χ2v) is 4.19. The van der Waals surface area contributed by atoms with Crippen LogP contribution in [0.5, 0.6) is 0 Å². The van der Waals surface area contributed by atoms with Gasteiger partial charge in [-0.05, 0) is 31.4 Å². The van der Waals surface area contributed by atoms with E-state index in [1.807, 2.05) is 18.4 Å². The summed E-state index contributed by atoms with van der Waals surface area (Å²) in [6.45, 7) is 3.40. The molecule has 1 rings (SSSR count). The van der Waals surface area contributed by atoms with Gasteiger partial charge in [-0.2, -0.15) is 0 Å². The van der Waals surface area contributed by atoms with Gasteiger partial charge in [-0.15, -0.1) is 11.8 Å². The highest BCUT2D eigenvalue weighted by Gasteiger charge is 1.98. The van der Waals surface area contributed by atoms with Crippen LogP contribution < -0.4 is 10.6 Å². The number of anilines is 1. The number of carbonyl (C=O) groups excluding carboxylic acids is 1. The Morgan fingerprint density at radius 2 is 2.24 bits per heavy atom. The maximum Gasteiger partial charge on any atom is 0.407 e. The van der Waals surface area contributed by atoms with Crippen LogP contribution in [0.25, 0.3) is 0 Å². The Hall–Kier alpha value is -1.36. The van der Waals surface area contributed by atoms with Gasteiger partial charge in [0, 0.05) is 23.7 Å². The highest BCUT2D eigenvalue weighted by molar-refractivity contribution is 7.98. The first-order valence-electron chi connectivity index (χ1n) is 5.54. The van der Waals surface area contributed by atoms with Crippen molar-refractivity contribution in [1.29, 1.82) is 0 Å². The van der Waals surface area contributed by atoms with Crippen molar-refractivity contribution >= 4 is 23.5 Å². The summed E-state index contributed by atoms with van der Waals surface area (Å²) in [5, 5.41) is 5.89. The van der Waals surface area contributed by atoms with E-state index in [0.29, 0.717) is 19.7 Å². The van der Waals surface area contributed by atoms with E-state index in [2.05, 4.69) is 22.8 Å². The average molecular weight is 254 g/mol. The molecule has 17 heavy (non-hydrogen) atoms. The van der Waals surface area contributed by atoms with Crippen molar-refractivity contribution in [2.24, 2.45) is 0 Å². The first-order chi connectivity index (χ1) is 8.26. The lowest BCUT2D eigenvalue weighted by Gasteiger charge is -2.08. The third kappa shape index (κ3) is 5.49. The summed E-state index contributed by atoms with van der Waals surface area (Å²) in [5.74, 6) is 0. The fraction of sp³-hybridized carbons (Fsp3) is 0.417. The van der Waals surface area contributed by atoms with Gasteiger partial charge in [0.2, 0.25) is 0 Å². The first kappa shape index (κ1) is 13.7. The largest absolute Gasteiger partial charge is 0.450 e. The van der Waals surface area contributed by atoms with Crippen LogP contribution in [0.1, 0.15) is 6.92 Å². The molecule has 4 nitrogen and oxygen atoms in total. The molecule has 1 aromatic rings. The third-order valence-corrected chi connectivity index (χ3v) is 2.79. The van der Waals surface area contributed by atoms with E-state index in [1.54, 1.807) is 18.7 Å². The predicted octanol–water partition coefficient (Wildman–Crippen LogP) is 2.57. The van der Waals surface area contributed by atoms with Crippen molar-refractivity contribution in [3.63, 3.8) is 0 Å². The van der Waals surface area contributed by atoms with Crippen LogP contribution in [-0.4, -0.2) is 32.0 Å². The SMILES string of the molecule is CCOC(=O)NCCNc1cccc(SC)c1. The van der Waals surface area contributed by atoms with Gasteiger partial charge in [0.15, 0.2) is 0 Å². The second kappa shape index (κ2) is 7.84. The summed E-state index contributed by atoms with van der Waals surface area (Å²) in [4.78, 5) is 12.2. The number of benzene rings is 1. The predicted molar refractivity (Wildman–Crippen MR) is 71.7 cm³/mol. The Morgan fingerprint density at radius 3 is 2.94 bits per heavy atom. The van der Waals surface area contributed by atoms with Gasteiger partial charge in [0.1, 0.15) is 0 Å². The molecule has 0 atom stereocenters. The number of alkyl carbamates (subject to hydrolysis) is 1. The number of hydrogen-bond acceptors (Lipinski definition) is 4. The van der Waals surface area contributed by atoms with Gasteiger partial charge >= 0.3 is 6.09 Å². The second-order valence-electron chi connectivity index (χ2n) is 3.31. The van der Waals surface area contributed by atoms with Gasteiger partial charge in [-0.1, -0.05) is 6.07 Å². The fourth-order valence-electron chi connectivity index (χ4n) is 1.29. The topological polar surface area (TPSA) is 50.4 Å². The lowest BCUT2D eigenvalue weighted by molar-refractivity contribution is 0.152. The number of rotatable bonds is 6. The van der Waals surface area contributed by atoms with E-state index in [0.717, 1.165) is 5.69 Å². The summed E-state index contributed by atoms with van der Waals surface area (Å²) < 4.78 is 4.75. The first-order valence-corrected chi connectivity index (χ1v) is 6.77. The van der Waals surface area contributed by atoms with Gasteiger partial charge in [-0.25, -0.2) is 4.79 Å². The molecule has 0 aliphatic heterocycles. The maximum absolute atomic E-state index is 11.0. The molecule has 0 fully saturated rings. The van der Waals surface area contributed by atoms with E-state index in [-0.39, 0.29) is 6.09 Å². The van der Waals surface area contributed by atoms with Crippen molar-refractivity contribution in [2.45, 2.75) is 11.8 Å². The van der Waals surface area contributed by atoms with Crippen LogP contribution in [0.2, 0.25) is 0 Å². The number of ether oxygens (including phenoxy) is 1. The molecule has 0 radical (unpaired) electrons. The fourth-order valence-corrected chi connectivity index (χ4v) is 1.75. The molecule has 0 saturated carbocycles. The van der Waals surface area contributed by atoms with Crippen LogP contribution >= 0.6 is 11.8 Å². The minimum Gasteiger partial charge on any atom is -0.450 e. The highest BCUT2D eigenvalue weighted by Crippen LogP contribution is 2.18. The molecular formula is C12H18N2O2S.